The number of benzene rings is 1. The number of hydrogen-bond donors (Lipinski definition) is 2. The zero-order valence-corrected chi connectivity index (χ0v) is 12.4. The highest BCUT2D eigenvalue weighted by molar-refractivity contribution is 6.30. The van der Waals surface area contributed by atoms with E-state index in [4.69, 9.17) is 16.0 Å². The van der Waals surface area contributed by atoms with E-state index in [9.17, 15) is 9.59 Å². The Morgan fingerprint density at radius 3 is 2.68 bits per heavy atom. The minimum Gasteiger partial charge on any atom is -0.431 e. The molecule has 114 valence electrons. The van der Waals surface area contributed by atoms with Gasteiger partial charge >= 0.3 is 6.01 Å². The van der Waals surface area contributed by atoms with Crippen LogP contribution >= 0.6 is 11.6 Å². The van der Waals surface area contributed by atoms with E-state index in [2.05, 4.69) is 15.6 Å². The molecule has 0 aliphatic heterocycles. The van der Waals surface area contributed by atoms with Gasteiger partial charge in [-0.2, -0.15) is 4.98 Å². The number of carbonyl (C=O) groups is 2. The van der Waals surface area contributed by atoms with Gasteiger partial charge in [0, 0.05) is 17.5 Å². The van der Waals surface area contributed by atoms with Crippen molar-refractivity contribution in [1.82, 2.24) is 10.3 Å². The molecule has 3 rings (SSSR count). The maximum atomic E-state index is 12.0. The van der Waals surface area contributed by atoms with Gasteiger partial charge in [0.2, 0.25) is 5.91 Å². The molecule has 22 heavy (non-hydrogen) atoms. The van der Waals surface area contributed by atoms with Crippen LogP contribution in [0, 0.1) is 5.92 Å². The number of anilines is 1. The molecule has 0 unspecified atom stereocenters. The summed E-state index contributed by atoms with van der Waals surface area (Å²) in [4.78, 5) is 27.5. The highest BCUT2D eigenvalue weighted by Crippen LogP contribution is 2.30. The summed E-state index contributed by atoms with van der Waals surface area (Å²) < 4.78 is 5.08. The average molecular weight is 320 g/mol. The fraction of sp³-hybridized carbons (Fsp3) is 0.267. The number of rotatable bonds is 5. The van der Waals surface area contributed by atoms with Crippen LogP contribution in [0.4, 0.5) is 6.01 Å². The summed E-state index contributed by atoms with van der Waals surface area (Å²) in [5, 5.41) is 5.91. The number of carbonyl (C=O) groups excluding carboxylic acids is 2. The number of hydrogen-bond acceptors (Lipinski definition) is 4. The maximum absolute atomic E-state index is 12.0. The Bertz CT molecular complexity index is 692. The smallest absolute Gasteiger partial charge is 0.302 e. The second kappa shape index (κ2) is 6.19. The number of amides is 2. The molecule has 1 aliphatic carbocycles. The predicted molar refractivity (Wildman–Crippen MR) is 80.5 cm³/mol. The lowest BCUT2D eigenvalue weighted by Gasteiger charge is -2.03. The minimum atomic E-state index is -0.370. The highest BCUT2D eigenvalue weighted by atomic mass is 35.5. The van der Waals surface area contributed by atoms with Crippen molar-refractivity contribution in [3.05, 3.63) is 46.8 Å². The quantitative estimate of drug-likeness (QED) is 0.887. The molecule has 7 heteroatoms. The van der Waals surface area contributed by atoms with Gasteiger partial charge in [0.15, 0.2) is 5.69 Å². The molecule has 1 fully saturated rings. The standard InChI is InChI=1S/C15H14ClN3O3/c16-11-5-1-9(2-6-11)7-17-14(21)12-8-22-15(18-12)19-13(20)10-3-4-10/h1-2,5-6,8,10H,3-4,7H2,(H,17,21)(H,18,19,20). The molecule has 0 bridgehead atoms. The topological polar surface area (TPSA) is 84.2 Å². The van der Waals surface area contributed by atoms with Crippen LogP contribution in [0.1, 0.15) is 28.9 Å². The van der Waals surface area contributed by atoms with E-state index in [0.717, 1.165) is 18.4 Å². The van der Waals surface area contributed by atoms with E-state index in [1.807, 2.05) is 12.1 Å². The molecular formula is C15H14ClN3O3. The van der Waals surface area contributed by atoms with Crippen LogP contribution in [-0.2, 0) is 11.3 Å². The first-order valence-corrected chi connectivity index (χ1v) is 7.28. The van der Waals surface area contributed by atoms with E-state index in [0.29, 0.717) is 11.6 Å². The summed E-state index contributed by atoms with van der Waals surface area (Å²) >= 11 is 5.80. The van der Waals surface area contributed by atoms with E-state index in [1.165, 1.54) is 6.26 Å². The molecular weight excluding hydrogens is 306 g/mol. The molecule has 0 atom stereocenters. The summed E-state index contributed by atoms with van der Waals surface area (Å²) in [7, 11) is 0. The summed E-state index contributed by atoms with van der Waals surface area (Å²) in [5.41, 5.74) is 1.04. The fourth-order valence-electron chi connectivity index (χ4n) is 1.86. The van der Waals surface area contributed by atoms with Gasteiger partial charge in [0.25, 0.3) is 5.91 Å². The van der Waals surface area contributed by atoms with Crippen molar-refractivity contribution in [2.45, 2.75) is 19.4 Å². The summed E-state index contributed by atoms with van der Waals surface area (Å²) in [6, 6.07) is 7.21. The number of halogens is 1. The summed E-state index contributed by atoms with van der Waals surface area (Å²) in [6.07, 6.45) is 3.00. The number of oxazole rings is 1. The molecule has 1 aromatic carbocycles. The lowest BCUT2D eigenvalue weighted by molar-refractivity contribution is -0.117. The van der Waals surface area contributed by atoms with Crippen molar-refractivity contribution >= 4 is 29.4 Å². The fourth-order valence-corrected chi connectivity index (χ4v) is 1.99. The number of aromatic nitrogens is 1. The van der Waals surface area contributed by atoms with Gasteiger partial charge in [-0.3, -0.25) is 14.9 Å². The Morgan fingerprint density at radius 1 is 1.27 bits per heavy atom. The third-order valence-electron chi connectivity index (χ3n) is 3.28. The average Bonchev–Trinajstić information content (AvgIpc) is 3.27. The molecule has 6 nitrogen and oxygen atoms in total. The molecule has 1 saturated carbocycles. The molecule has 2 amide bonds. The molecule has 0 spiro atoms. The second-order valence-electron chi connectivity index (χ2n) is 5.11. The largest absolute Gasteiger partial charge is 0.431 e. The third-order valence-corrected chi connectivity index (χ3v) is 3.53. The van der Waals surface area contributed by atoms with Crippen molar-refractivity contribution in [2.75, 3.05) is 5.32 Å². The normalized spacial score (nSPS) is 13.7. The third kappa shape index (κ3) is 3.65. The first kappa shape index (κ1) is 14.6. The molecule has 1 aromatic heterocycles. The zero-order chi connectivity index (χ0) is 15.5. The zero-order valence-electron chi connectivity index (χ0n) is 11.6. The summed E-state index contributed by atoms with van der Waals surface area (Å²) in [5.74, 6) is -0.435. The van der Waals surface area contributed by atoms with Gasteiger partial charge < -0.3 is 9.73 Å². The highest BCUT2D eigenvalue weighted by Gasteiger charge is 2.30. The first-order valence-electron chi connectivity index (χ1n) is 6.91. The first-order chi connectivity index (χ1) is 10.6. The Kier molecular flexibility index (Phi) is 4.11. The van der Waals surface area contributed by atoms with Crippen LogP contribution in [0.5, 0.6) is 0 Å². The molecule has 1 aliphatic rings. The van der Waals surface area contributed by atoms with E-state index in [1.54, 1.807) is 12.1 Å². The van der Waals surface area contributed by atoms with Crippen LogP contribution in [0.15, 0.2) is 34.9 Å². The van der Waals surface area contributed by atoms with Gasteiger partial charge in [-0.1, -0.05) is 23.7 Å². The SMILES string of the molecule is O=C(NCc1ccc(Cl)cc1)c1coc(NC(=O)C2CC2)n1. The molecule has 2 aromatic rings. The molecule has 0 radical (unpaired) electrons. The van der Waals surface area contributed by atoms with Crippen molar-refractivity contribution in [3.63, 3.8) is 0 Å². The van der Waals surface area contributed by atoms with Gasteiger partial charge in [0.1, 0.15) is 6.26 Å². The Labute approximate surface area is 131 Å². The van der Waals surface area contributed by atoms with Crippen molar-refractivity contribution in [3.8, 4) is 0 Å². The van der Waals surface area contributed by atoms with Crippen LogP contribution in [0.2, 0.25) is 5.02 Å². The maximum Gasteiger partial charge on any atom is 0.302 e. The number of nitrogens with zero attached hydrogens (tertiary/aromatic N) is 1. The van der Waals surface area contributed by atoms with Crippen molar-refractivity contribution in [1.29, 1.82) is 0 Å². The Hall–Kier alpha value is -2.34. The lowest BCUT2D eigenvalue weighted by Crippen LogP contribution is -2.23. The lowest BCUT2D eigenvalue weighted by atomic mass is 10.2. The van der Waals surface area contributed by atoms with Crippen molar-refractivity contribution in [2.24, 2.45) is 5.92 Å². The monoisotopic (exact) mass is 319 g/mol. The minimum absolute atomic E-state index is 0.0496. The Morgan fingerprint density at radius 2 is 2.00 bits per heavy atom. The number of nitrogens with one attached hydrogen (secondary N) is 2. The van der Waals surface area contributed by atoms with Crippen LogP contribution in [0.3, 0.4) is 0 Å². The second-order valence-corrected chi connectivity index (χ2v) is 5.55. The van der Waals surface area contributed by atoms with Crippen LogP contribution < -0.4 is 10.6 Å². The van der Waals surface area contributed by atoms with E-state index < -0.39 is 0 Å². The predicted octanol–water partition coefficient (Wildman–Crippen LogP) is 2.61. The van der Waals surface area contributed by atoms with Gasteiger partial charge in [-0.15, -0.1) is 0 Å². The summed E-state index contributed by atoms with van der Waals surface area (Å²) in [6.45, 7) is 0.354. The molecule has 0 saturated heterocycles. The van der Waals surface area contributed by atoms with Gasteiger partial charge in [-0.05, 0) is 30.5 Å². The molecule has 1 heterocycles. The van der Waals surface area contributed by atoms with E-state index in [-0.39, 0.29) is 29.4 Å². The van der Waals surface area contributed by atoms with Crippen LogP contribution in [-0.4, -0.2) is 16.8 Å². The van der Waals surface area contributed by atoms with Gasteiger partial charge in [-0.25, -0.2) is 0 Å². The van der Waals surface area contributed by atoms with Crippen LogP contribution in [0.25, 0.3) is 0 Å². The molecule has 2 N–H and O–H groups in total. The van der Waals surface area contributed by atoms with E-state index >= 15 is 0 Å². The van der Waals surface area contributed by atoms with Gasteiger partial charge in [0.05, 0.1) is 0 Å². The van der Waals surface area contributed by atoms with Crippen molar-refractivity contribution < 1.29 is 14.0 Å². The Balaban J connectivity index is 1.54.